The Kier molecular flexibility index (Phi) is 4.40. The van der Waals surface area contributed by atoms with E-state index < -0.39 is 0 Å². The van der Waals surface area contributed by atoms with Gasteiger partial charge < -0.3 is 10.1 Å². The van der Waals surface area contributed by atoms with Crippen LogP contribution in [-0.2, 0) is 6.54 Å². The van der Waals surface area contributed by atoms with Crippen LogP contribution in [-0.4, -0.2) is 7.05 Å². The van der Waals surface area contributed by atoms with Crippen LogP contribution in [0.15, 0.2) is 36.4 Å². The molecule has 0 aromatic heterocycles. The summed E-state index contributed by atoms with van der Waals surface area (Å²) in [4.78, 5) is 0. The molecule has 0 saturated heterocycles. The third-order valence-electron chi connectivity index (χ3n) is 2.75. The van der Waals surface area contributed by atoms with E-state index in [1.807, 2.05) is 26.1 Å². The van der Waals surface area contributed by atoms with Crippen LogP contribution >= 0.6 is 11.6 Å². The zero-order valence-electron chi connectivity index (χ0n) is 10.8. The molecule has 0 atom stereocenters. The van der Waals surface area contributed by atoms with Crippen LogP contribution in [0.3, 0.4) is 0 Å². The molecule has 1 N–H and O–H groups in total. The molecule has 0 heterocycles. The number of aryl methyl sites for hydroxylation is 1. The van der Waals surface area contributed by atoms with E-state index in [0.29, 0.717) is 16.5 Å². The van der Waals surface area contributed by atoms with Crippen molar-refractivity contribution in [3.63, 3.8) is 0 Å². The first-order valence-corrected chi connectivity index (χ1v) is 6.35. The van der Waals surface area contributed by atoms with Gasteiger partial charge in [-0.05, 0) is 43.3 Å². The minimum absolute atomic E-state index is 0.330. The van der Waals surface area contributed by atoms with E-state index >= 15 is 0 Å². The Morgan fingerprint density at radius 3 is 2.63 bits per heavy atom. The zero-order valence-corrected chi connectivity index (χ0v) is 11.6. The van der Waals surface area contributed by atoms with Crippen LogP contribution in [0.4, 0.5) is 4.39 Å². The fourth-order valence-corrected chi connectivity index (χ4v) is 1.99. The molecule has 2 nitrogen and oxygen atoms in total. The summed E-state index contributed by atoms with van der Waals surface area (Å²) in [6, 6.07) is 9.98. The predicted molar refractivity (Wildman–Crippen MR) is 75.4 cm³/mol. The summed E-state index contributed by atoms with van der Waals surface area (Å²) in [5.74, 6) is 0.669. The van der Waals surface area contributed by atoms with Gasteiger partial charge in [-0.15, -0.1) is 0 Å². The number of rotatable bonds is 4. The van der Waals surface area contributed by atoms with Gasteiger partial charge in [0.15, 0.2) is 0 Å². The van der Waals surface area contributed by atoms with Gasteiger partial charge in [0, 0.05) is 12.6 Å². The van der Waals surface area contributed by atoms with E-state index in [1.54, 1.807) is 12.1 Å². The first kappa shape index (κ1) is 13.8. The van der Waals surface area contributed by atoms with Crippen LogP contribution in [0, 0.1) is 12.7 Å². The minimum atomic E-state index is -0.330. The molecule has 0 aliphatic rings. The lowest BCUT2D eigenvalue weighted by Gasteiger charge is -2.11. The molecule has 0 fully saturated rings. The van der Waals surface area contributed by atoms with Crippen molar-refractivity contribution in [1.29, 1.82) is 0 Å². The second-order valence-electron chi connectivity index (χ2n) is 4.31. The van der Waals surface area contributed by atoms with Gasteiger partial charge in [-0.3, -0.25) is 0 Å². The van der Waals surface area contributed by atoms with E-state index in [-0.39, 0.29) is 5.82 Å². The predicted octanol–water partition coefficient (Wildman–Crippen LogP) is 4.30. The van der Waals surface area contributed by atoms with Crippen molar-refractivity contribution < 1.29 is 9.13 Å². The Morgan fingerprint density at radius 2 is 1.95 bits per heavy atom. The monoisotopic (exact) mass is 279 g/mol. The van der Waals surface area contributed by atoms with Crippen molar-refractivity contribution in [2.24, 2.45) is 0 Å². The molecule has 0 saturated carbocycles. The van der Waals surface area contributed by atoms with Crippen molar-refractivity contribution in [3.8, 4) is 11.5 Å². The van der Waals surface area contributed by atoms with E-state index in [4.69, 9.17) is 16.3 Å². The highest BCUT2D eigenvalue weighted by Gasteiger charge is 2.07. The van der Waals surface area contributed by atoms with Gasteiger partial charge in [0.1, 0.15) is 17.3 Å². The van der Waals surface area contributed by atoms with Crippen LogP contribution in [0.1, 0.15) is 11.1 Å². The average Bonchev–Trinajstić information content (AvgIpc) is 2.37. The van der Waals surface area contributed by atoms with Gasteiger partial charge in [-0.1, -0.05) is 23.7 Å². The fraction of sp³-hybridized carbons (Fsp3) is 0.200. The summed E-state index contributed by atoms with van der Waals surface area (Å²) >= 11 is 6.16. The molecule has 0 unspecified atom stereocenters. The Labute approximate surface area is 117 Å². The van der Waals surface area contributed by atoms with Crippen molar-refractivity contribution in [3.05, 3.63) is 58.4 Å². The SMILES string of the molecule is CNCc1ccc(Oc2cc(F)ccc2C)c(Cl)c1. The molecule has 0 amide bonds. The van der Waals surface area contributed by atoms with Gasteiger partial charge in [-0.2, -0.15) is 0 Å². The lowest BCUT2D eigenvalue weighted by Crippen LogP contribution is -2.04. The summed E-state index contributed by atoms with van der Waals surface area (Å²) < 4.78 is 18.9. The molecule has 0 spiro atoms. The topological polar surface area (TPSA) is 21.3 Å². The lowest BCUT2D eigenvalue weighted by atomic mass is 10.2. The van der Waals surface area contributed by atoms with E-state index in [9.17, 15) is 4.39 Å². The van der Waals surface area contributed by atoms with Crippen molar-refractivity contribution in [2.45, 2.75) is 13.5 Å². The Bertz CT molecular complexity index is 586. The second-order valence-corrected chi connectivity index (χ2v) is 4.71. The highest BCUT2D eigenvalue weighted by Crippen LogP contribution is 2.32. The van der Waals surface area contributed by atoms with Crippen molar-refractivity contribution in [2.75, 3.05) is 7.05 Å². The molecular weight excluding hydrogens is 265 g/mol. The third kappa shape index (κ3) is 3.46. The molecule has 2 aromatic rings. The van der Waals surface area contributed by atoms with Crippen LogP contribution in [0.2, 0.25) is 5.02 Å². The molecule has 2 rings (SSSR count). The van der Waals surface area contributed by atoms with Gasteiger partial charge in [0.25, 0.3) is 0 Å². The molecule has 0 aliphatic carbocycles. The highest BCUT2D eigenvalue weighted by molar-refractivity contribution is 6.32. The third-order valence-corrected chi connectivity index (χ3v) is 3.04. The maximum atomic E-state index is 13.2. The van der Waals surface area contributed by atoms with Crippen LogP contribution in [0.25, 0.3) is 0 Å². The fourth-order valence-electron chi connectivity index (χ4n) is 1.74. The summed E-state index contributed by atoms with van der Waals surface area (Å²) in [5, 5.41) is 3.56. The molecule has 0 bridgehead atoms. The van der Waals surface area contributed by atoms with Gasteiger partial charge in [-0.25, -0.2) is 4.39 Å². The molecular formula is C15H15ClFNO. The standard InChI is InChI=1S/C15H15ClFNO/c1-10-3-5-12(17)8-15(10)19-14-6-4-11(9-18-2)7-13(14)16/h3-8,18H,9H2,1-2H3. The number of hydrogen-bond donors (Lipinski definition) is 1. The summed E-state index contributed by atoms with van der Waals surface area (Å²) in [6.07, 6.45) is 0. The molecule has 4 heteroatoms. The Balaban J connectivity index is 2.25. The Morgan fingerprint density at radius 1 is 1.16 bits per heavy atom. The molecule has 0 aliphatic heterocycles. The molecule has 2 aromatic carbocycles. The van der Waals surface area contributed by atoms with E-state index in [1.165, 1.54) is 12.1 Å². The maximum absolute atomic E-state index is 13.2. The van der Waals surface area contributed by atoms with Crippen molar-refractivity contribution >= 4 is 11.6 Å². The molecule has 19 heavy (non-hydrogen) atoms. The Hall–Kier alpha value is -1.58. The molecule has 0 radical (unpaired) electrons. The lowest BCUT2D eigenvalue weighted by molar-refractivity contribution is 0.473. The largest absolute Gasteiger partial charge is 0.455 e. The first-order valence-electron chi connectivity index (χ1n) is 5.97. The van der Waals surface area contributed by atoms with Gasteiger partial charge in [0.2, 0.25) is 0 Å². The molecule has 100 valence electrons. The number of ether oxygens (including phenoxy) is 1. The maximum Gasteiger partial charge on any atom is 0.146 e. The smallest absolute Gasteiger partial charge is 0.146 e. The minimum Gasteiger partial charge on any atom is -0.455 e. The van der Waals surface area contributed by atoms with E-state index in [2.05, 4.69) is 5.32 Å². The number of nitrogens with one attached hydrogen (secondary N) is 1. The normalized spacial score (nSPS) is 10.5. The summed E-state index contributed by atoms with van der Waals surface area (Å²) in [7, 11) is 1.87. The van der Waals surface area contributed by atoms with Crippen molar-refractivity contribution in [1.82, 2.24) is 5.32 Å². The highest BCUT2D eigenvalue weighted by atomic mass is 35.5. The zero-order chi connectivity index (χ0) is 13.8. The second kappa shape index (κ2) is 6.04. The van der Waals surface area contributed by atoms with E-state index in [0.717, 1.165) is 17.7 Å². The summed E-state index contributed by atoms with van der Waals surface area (Å²) in [5.41, 5.74) is 1.92. The van der Waals surface area contributed by atoms with Crippen LogP contribution < -0.4 is 10.1 Å². The quantitative estimate of drug-likeness (QED) is 0.901. The van der Waals surface area contributed by atoms with Gasteiger partial charge >= 0.3 is 0 Å². The average molecular weight is 280 g/mol. The summed E-state index contributed by atoms with van der Waals surface area (Å²) in [6.45, 7) is 2.59. The number of hydrogen-bond acceptors (Lipinski definition) is 2. The van der Waals surface area contributed by atoms with Crippen LogP contribution in [0.5, 0.6) is 11.5 Å². The first-order chi connectivity index (χ1) is 9.10. The number of halogens is 2. The number of benzene rings is 2. The van der Waals surface area contributed by atoms with Gasteiger partial charge in [0.05, 0.1) is 5.02 Å².